The number of nitrogens with zero attached hydrogens (tertiary/aromatic N) is 5. The number of aryl methyl sites for hydroxylation is 2. The fourth-order valence-electron chi connectivity index (χ4n) is 2.32. The normalized spacial score (nSPS) is 12.7. The van der Waals surface area contributed by atoms with Gasteiger partial charge in [-0.15, -0.1) is 5.10 Å². The van der Waals surface area contributed by atoms with E-state index in [2.05, 4.69) is 15.4 Å². The Morgan fingerprint density at radius 3 is 2.86 bits per heavy atom. The van der Waals surface area contributed by atoms with Crippen molar-refractivity contribution in [3.63, 3.8) is 0 Å². The van der Waals surface area contributed by atoms with Crippen LogP contribution in [0.1, 0.15) is 17.2 Å². The summed E-state index contributed by atoms with van der Waals surface area (Å²) in [7, 11) is 1.70. The molecule has 0 saturated heterocycles. The zero-order valence-electron chi connectivity index (χ0n) is 11.8. The fraction of sp³-hybridized carbons (Fsp3) is 0.286. The number of fused-ring (bicyclic) bond motifs is 1. The van der Waals surface area contributed by atoms with Gasteiger partial charge < -0.3 is 5.11 Å². The van der Waals surface area contributed by atoms with Crippen molar-refractivity contribution < 1.29 is 5.11 Å². The van der Waals surface area contributed by atoms with Crippen LogP contribution in [-0.4, -0.2) is 29.9 Å². The van der Waals surface area contributed by atoms with Crippen LogP contribution in [0.3, 0.4) is 0 Å². The van der Waals surface area contributed by atoms with Gasteiger partial charge in [0.15, 0.2) is 5.65 Å². The molecule has 1 unspecified atom stereocenters. The molecule has 0 aliphatic rings. The van der Waals surface area contributed by atoms with E-state index in [4.69, 9.17) is 0 Å². The minimum absolute atomic E-state index is 0.0571. The Bertz CT molecular complexity index is 852. The van der Waals surface area contributed by atoms with Gasteiger partial charge in [-0.1, -0.05) is 29.5 Å². The molecule has 0 aliphatic heterocycles. The SMILES string of the molecule is Cc1ccccc1C(O)Cn1nnc2c(cnn2C)c1=O. The third-order valence-corrected chi connectivity index (χ3v) is 3.51. The summed E-state index contributed by atoms with van der Waals surface area (Å²) in [5.74, 6) is 0. The van der Waals surface area contributed by atoms with Crippen LogP contribution >= 0.6 is 0 Å². The molecule has 7 nitrogen and oxygen atoms in total. The Kier molecular flexibility index (Phi) is 3.26. The lowest BCUT2D eigenvalue weighted by Crippen LogP contribution is -2.27. The van der Waals surface area contributed by atoms with Crippen LogP contribution in [0.15, 0.2) is 35.3 Å². The number of aromatic nitrogens is 5. The van der Waals surface area contributed by atoms with Crippen molar-refractivity contribution >= 4 is 11.0 Å². The maximum atomic E-state index is 12.3. The zero-order chi connectivity index (χ0) is 15.0. The van der Waals surface area contributed by atoms with Gasteiger partial charge in [0, 0.05) is 7.05 Å². The van der Waals surface area contributed by atoms with E-state index in [9.17, 15) is 9.90 Å². The van der Waals surface area contributed by atoms with Crippen LogP contribution in [0, 0.1) is 6.92 Å². The molecule has 0 fully saturated rings. The Morgan fingerprint density at radius 2 is 2.10 bits per heavy atom. The lowest BCUT2D eigenvalue weighted by molar-refractivity contribution is 0.147. The van der Waals surface area contributed by atoms with Crippen LogP contribution in [0.25, 0.3) is 11.0 Å². The van der Waals surface area contributed by atoms with Crippen molar-refractivity contribution in [2.75, 3.05) is 0 Å². The molecule has 21 heavy (non-hydrogen) atoms. The molecule has 1 aromatic carbocycles. The third-order valence-electron chi connectivity index (χ3n) is 3.51. The molecule has 1 N–H and O–H groups in total. The van der Waals surface area contributed by atoms with E-state index in [0.29, 0.717) is 11.0 Å². The molecule has 108 valence electrons. The lowest BCUT2D eigenvalue weighted by Gasteiger charge is -2.13. The fourth-order valence-corrected chi connectivity index (χ4v) is 2.32. The van der Waals surface area contributed by atoms with Crippen molar-refractivity contribution in [3.05, 3.63) is 51.9 Å². The average molecular weight is 285 g/mol. The van der Waals surface area contributed by atoms with Crippen LogP contribution in [-0.2, 0) is 13.6 Å². The minimum atomic E-state index is -0.813. The number of aliphatic hydroxyl groups is 1. The van der Waals surface area contributed by atoms with E-state index >= 15 is 0 Å². The van der Waals surface area contributed by atoms with Gasteiger partial charge in [-0.2, -0.15) is 5.10 Å². The summed E-state index contributed by atoms with van der Waals surface area (Å²) in [5.41, 5.74) is 1.87. The Morgan fingerprint density at radius 1 is 1.33 bits per heavy atom. The topological polar surface area (TPSA) is 85.8 Å². The molecular weight excluding hydrogens is 270 g/mol. The van der Waals surface area contributed by atoms with E-state index in [0.717, 1.165) is 11.1 Å². The third kappa shape index (κ3) is 2.31. The van der Waals surface area contributed by atoms with E-state index in [1.807, 2.05) is 31.2 Å². The number of hydrogen-bond acceptors (Lipinski definition) is 5. The second-order valence-corrected chi connectivity index (χ2v) is 4.95. The van der Waals surface area contributed by atoms with Gasteiger partial charge in [0.05, 0.1) is 18.8 Å². The maximum absolute atomic E-state index is 12.3. The van der Waals surface area contributed by atoms with Crippen LogP contribution in [0.2, 0.25) is 0 Å². The molecule has 0 spiro atoms. The number of rotatable bonds is 3. The van der Waals surface area contributed by atoms with E-state index in [-0.39, 0.29) is 12.1 Å². The first-order valence-electron chi connectivity index (χ1n) is 6.57. The van der Waals surface area contributed by atoms with Crippen LogP contribution < -0.4 is 5.56 Å². The first-order chi connectivity index (χ1) is 10.1. The summed E-state index contributed by atoms with van der Waals surface area (Å²) in [5, 5.41) is 22.5. The highest BCUT2D eigenvalue weighted by molar-refractivity contribution is 5.72. The lowest BCUT2D eigenvalue weighted by atomic mass is 10.0. The molecule has 2 aromatic heterocycles. The molecular formula is C14H15N5O2. The van der Waals surface area contributed by atoms with E-state index < -0.39 is 6.10 Å². The summed E-state index contributed by atoms with van der Waals surface area (Å²) in [6.07, 6.45) is 0.649. The minimum Gasteiger partial charge on any atom is -0.386 e. The Labute approximate surface area is 120 Å². The zero-order valence-corrected chi connectivity index (χ0v) is 11.8. The van der Waals surface area contributed by atoms with Crippen molar-refractivity contribution in [1.82, 2.24) is 24.8 Å². The molecule has 0 amide bonds. The van der Waals surface area contributed by atoms with Crippen LogP contribution in [0.4, 0.5) is 0 Å². The van der Waals surface area contributed by atoms with Gasteiger partial charge >= 0.3 is 0 Å². The van der Waals surface area contributed by atoms with Gasteiger partial charge in [0.2, 0.25) is 0 Å². The first-order valence-corrected chi connectivity index (χ1v) is 6.57. The summed E-state index contributed by atoms with van der Waals surface area (Å²) in [6.45, 7) is 1.97. The second-order valence-electron chi connectivity index (χ2n) is 4.95. The monoisotopic (exact) mass is 285 g/mol. The predicted molar refractivity (Wildman–Crippen MR) is 76.7 cm³/mol. The maximum Gasteiger partial charge on any atom is 0.280 e. The summed E-state index contributed by atoms with van der Waals surface area (Å²) >= 11 is 0. The molecule has 1 atom stereocenters. The van der Waals surface area contributed by atoms with Gasteiger partial charge in [-0.05, 0) is 18.1 Å². The summed E-state index contributed by atoms with van der Waals surface area (Å²) < 4.78 is 2.66. The highest BCUT2D eigenvalue weighted by Crippen LogP contribution is 2.18. The number of hydrogen-bond donors (Lipinski definition) is 1. The quantitative estimate of drug-likeness (QED) is 0.760. The average Bonchev–Trinajstić information content (AvgIpc) is 2.84. The number of aliphatic hydroxyl groups excluding tert-OH is 1. The highest BCUT2D eigenvalue weighted by Gasteiger charge is 2.15. The molecule has 7 heteroatoms. The van der Waals surface area contributed by atoms with Crippen molar-refractivity contribution in [1.29, 1.82) is 0 Å². The second kappa shape index (κ2) is 5.10. The van der Waals surface area contributed by atoms with Gasteiger partial charge in [0.25, 0.3) is 5.56 Å². The largest absolute Gasteiger partial charge is 0.386 e. The molecule has 3 rings (SSSR count). The van der Waals surface area contributed by atoms with E-state index in [1.165, 1.54) is 15.6 Å². The van der Waals surface area contributed by atoms with Gasteiger partial charge in [-0.25, -0.2) is 9.36 Å². The molecule has 0 radical (unpaired) electrons. The van der Waals surface area contributed by atoms with Gasteiger partial charge in [0.1, 0.15) is 5.39 Å². The Hall–Kier alpha value is -2.54. The predicted octanol–water partition coefficient (Wildman–Crippen LogP) is 0.567. The summed E-state index contributed by atoms with van der Waals surface area (Å²) in [6, 6.07) is 7.50. The first kappa shape index (κ1) is 13.4. The smallest absolute Gasteiger partial charge is 0.280 e. The molecule has 3 aromatic rings. The molecule has 0 saturated carbocycles. The Balaban J connectivity index is 1.97. The standard InChI is InChI=1S/C14H15N5O2/c1-9-5-3-4-6-10(9)12(20)8-19-14(21)11-7-15-18(2)13(11)16-17-19/h3-7,12,20H,8H2,1-2H3. The van der Waals surface area contributed by atoms with Crippen molar-refractivity contribution in [2.45, 2.75) is 19.6 Å². The summed E-state index contributed by atoms with van der Waals surface area (Å²) in [4.78, 5) is 12.3. The number of benzene rings is 1. The van der Waals surface area contributed by atoms with E-state index in [1.54, 1.807) is 7.05 Å². The van der Waals surface area contributed by atoms with Crippen LogP contribution in [0.5, 0.6) is 0 Å². The molecule has 0 aliphatic carbocycles. The van der Waals surface area contributed by atoms with Crippen molar-refractivity contribution in [2.24, 2.45) is 7.05 Å². The van der Waals surface area contributed by atoms with Crippen molar-refractivity contribution in [3.8, 4) is 0 Å². The molecule has 0 bridgehead atoms. The molecule has 2 heterocycles. The van der Waals surface area contributed by atoms with Gasteiger partial charge in [-0.3, -0.25) is 4.79 Å². The highest BCUT2D eigenvalue weighted by atomic mass is 16.3.